The molecule has 2 aromatic rings. The van der Waals surface area contributed by atoms with Gasteiger partial charge < -0.3 is 14.6 Å². The summed E-state index contributed by atoms with van der Waals surface area (Å²) in [7, 11) is 1.86. The summed E-state index contributed by atoms with van der Waals surface area (Å²) in [5.74, 6) is 1.08. The van der Waals surface area contributed by atoms with Crippen LogP contribution in [0.1, 0.15) is 56.2 Å². The predicted octanol–water partition coefficient (Wildman–Crippen LogP) is 3.94. The van der Waals surface area contributed by atoms with E-state index in [2.05, 4.69) is 5.32 Å². The smallest absolute Gasteiger partial charge is 0.223 e. The van der Waals surface area contributed by atoms with Crippen molar-refractivity contribution in [3.63, 3.8) is 0 Å². The Kier molecular flexibility index (Phi) is 7.29. The highest BCUT2D eigenvalue weighted by molar-refractivity contribution is 5.75. The Hall–Kier alpha value is -2.56. The molecule has 1 aliphatic carbocycles. The maximum Gasteiger partial charge on any atom is 0.223 e. The summed E-state index contributed by atoms with van der Waals surface area (Å²) >= 11 is 0. The quantitative estimate of drug-likeness (QED) is 0.752. The van der Waals surface area contributed by atoms with Gasteiger partial charge in [0.2, 0.25) is 11.3 Å². The summed E-state index contributed by atoms with van der Waals surface area (Å²) in [6, 6.07) is 11.3. The van der Waals surface area contributed by atoms with Crippen molar-refractivity contribution in [2.75, 3.05) is 0 Å². The van der Waals surface area contributed by atoms with Crippen molar-refractivity contribution in [1.29, 1.82) is 0 Å². The van der Waals surface area contributed by atoms with Crippen molar-refractivity contribution in [3.8, 4) is 5.75 Å². The summed E-state index contributed by atoms with van der Waals surface area (Å²) in [5, 5.41) is 2.94. The van der Waals surface area contributed by atoms with Crippen molar-refractivity contribution in [3.05, 3.63) is 64.1 Å². The standard InChI is InChI=1S/C23H30N2O3/c1-25-16-22(28-17-19-10-6-3-7-11-19)21(26)14-20(25)15-24-23(27)13-12-18-8-4-2-5-9-18/h3,6-7,10-11,14,16,18H,2,4-5,8-9,12-13,15,17H2,1H3,(H,24,27). The van der Waals surface area contributed by atoms with Gasteiger partial charge in [-0.3, -0.25) is 9.59 Å². The van der Waals surface area contributed by atoms with E-state index in [-0.39, 0.29) is 11.3 Å². The van der Waals surface area contributed by atoms with E-state index in [0.29, 0.717) is 31.2 Å². The molecular weight excluding hydrogens is 352 g/mol. The van der Waals surface area contributed by atoms with Crippen molar-refractivity contribution in [2.45, 2.75) is 58.1 Å². The number of aromatic nitrogens is 1. The van der Waals surface area contributed by atoms with Gasteiger partial charge in [-0.1, -0.05) is 62.4 Å². The molecule has 5 heteroatoms. The first-order valence-corrected chi connectivity index (χ1v) is 10.2. The molecule has 0 bridgehead atoms. The summed E-state index contributed by atoms with van der Waals surface area (Å²) in [5.41, 5.74) is 1.61. The van der Waals surface area contributed by atoms with Crippen LogP contribution >= 0.6 is 0 Å². The Bertz CT molecular complexity index is 823. The Morgan fingerprint density at radius 3 is 2.68 bits per heavy atom. The lowest BCUT2D eigenvalue weighted by Crippen LogP contribution is -2.26. The fraction of sp³-hybridized carbons (Fsp3) is 0.478. The molecule has 1 amide bonds. The minimum atomic E-state index is -0.166. The molecule has 0 atom stereocenters. The molecule has 0 saturated heterocycles. The first kappa shape index (κ1) is 20.2. The molecule has 0 spiro atoms. The van der Waals surface area contributed by atoms with Crippen LogP contribution < -0.4 is 15.5 Å². The molecule has 0 aliphatic heterocycles. The van der Waals surface area contributed by atoms with E-state index in [0.717, 1.165) is 17.7 Å². The zero-order valence-electron chi connectivity index (χ0n) is 16.7. The third-order valence-corrected chi connectivity index (χ3v) is 5.51. The lowest BCUT2D eigenvalue weighted by Gasteiger charge is -2.21. The van der Waals surface area contributed by atoms with Crippen LogP contribution in [0.15, 0.2) is 47.4 Å². The van der Waals surface area contributed by atoms with E-state index in [1.807, 2.05) is 41.9 Å². The van der Waals surface area contributed by atoms with E-state index in [1.165, 1.54) is 32.1 Å². The van der Waals surface area contributed by atoms with Crippen LogP contribution in [-0.4, -0.2) is 10.5 Å². The molecule has 1 aromatic heterocycles. The Balaban J connectivity index is 1.49. The number of nitrogens with zero attached hydrogens (tertiary/aromatic N) is 1. The lowest BCUT2D eigenvalue weighted by atomic mass is 9.86. The fourth-order valence-corrected chi connectivity index (χ4v) is 3.75. The maximum atomic E-state index is 12.3. The highest BCUT2D eigenvalue weighted by Crippen LogP contribution is 2.27. The van der Waals surface area contributed by atoms with Crippen LogP contribution in [-0.2, 0) is 25.0 Å². The zero-order valence-corrected chi connectivity index (χ0v) is 16.7. The van der Waals surface area contributed by atoms with Crippen LogP contribution in [0.5, 0.6) is 5.75 Å². The molecule has 1 fully saturated rings. The van der Waals surface area contributed by atoms with Gasteiger partial charge in [-0.25, -0.2) is 0 Å². The van der Waals surface area contributed by atoms with Gasteiger partial charge in [0.25, 0.3) is 0 Å². The van der Waals surface area contributed by atoms with E-state index >= 15 is 0 Å². The summed E-state index contributed by atoms with van der Waals surface area (Å²) in [6.45, 7) is 0.710. The Morgan fingerprint density at radius 1 is 1.18 bits per heavy atom. The average molecular weight is 383 g/mol. The van der Waals surface area contributed by atoms with Gasteiger partial charge in [0.15, 0.2) is 5.75 Å². The molecule has 1 saturated carbocycles. The van der Waals surface area contributed by atoms with Crippen LogP contribution in [0.4, 0.5) is 0 Å². The number of amides is 1. The van der Waals surface area contributed by atoms with Gasteiger partial charge >= 0.3 is 0 Å². The Morgan fingerprint density at radius 2 is 1.93 bits per heavy atom. The Labute approximate surface area is 166 Å². The predicted molar refractivity (Wildman–Crippen MR) is 110 cm³/mol. The van der Waals surface area contributed by atoms with Crippen LogP contribution in [0.2, 0.25) is 0 Å². The molecule has 1 heterocycles. The number of hydrogen-bond acceptors (Lipinski definition) is 3. The van der Waals surface area contributed by atoms with E-state index < -0.39 is 0 Å². The second-order valence-electron chi connectivity index (χ2n) is 7.70. The second kappa shape index (κ2) is 10.1. The van der Waals surface area contributed by atoms with E-state index in [4.69, 9.17) is 4.74 Å². The van der Waals surface area contributed by atoms with Crippen molar-refractivity contribution >= 4 is 5.91 Å². The molecule has 3 rings (SSSR count). The lowest BCUT2D eigenvalue weighted by molar-refractivity contribution is -0.121. The molecule has 150 valence electrons. The minimum absolute atomic E-state index is 0.0578. The van der Waals surface area contributed by atoms with Crippen LogP contribution in [0, 0.1) is 5.92 Å². The summed E-state index contributed by atoms with van der Waals surface area (Å²) in [6.07, 6.45) is 9.67. The van der Waals surface area contributed by atoms with Gasteiger partial charge in [-0.05, 0) is 17.9 Å². The van der Waals surface area contributed by atoms with Gasteiger partial charge in [0, 0.05) is 25.2 Å². The number of hydrogen-bond donors (Lipinski definition) is 1. The number of pyridine rings is 1. The third-order valence-electron chi connectivity index (χ3n) is 5.51. The van der Waals surface area contributed by atoms with Crippen LogP contribution in [0.25, 0.3) is 0 Å². The summed E-state index contributed by atoms with van der Waals surface area (Å²) in [4.78, 5) is 24.5. The number of benzene rings is 1. The average Bonchev–Trinajstić information content (AvgIpc) is 2.73. The first-order chi connectivity index (χ1) is 13.6. The maximum absolute atomic E-state index is 12.3. The number of aryl methyl sites for hydroxylation is 1. The normalized spacial score (nSPS) is 14.6. The van der Waals surface area contributed by atoms with Gasteiger partial charge in [-0.15, -0.1) is 0 Å². The number of carbonyl (C=O) groups excluding carboxylic acids is 1. The molecular formula is C23H30N2O3. The SMILES string of the molecule is Cn1cc(OCc2ccccc2)c(=O)cc1CNC(=O)CCC1CCCCC1. The molecule has 1 N–H and O–H groups in total. The fourth-order valence-electron chi connectivity index (χ4n) is 3.75. The highest BCUT2D eigenvalue weighted by atomic mass is 16.5. The largest absolute Gasteiger partial charge is 0.483 e. The molecule has 0 radical (unpaired) electrons. The van der Waals surface area contributed by atoms with Gasteiger partial charge in [0.05, 0.1) is 12.7 Å². The topological polar surface area (TPSA) is 60.3 Å². The van der Waals surface area contributed by atoms with Crippen molar-refractivity contribution < 1.29 is 9.53 Å². The highest BCUT2D eigenvalue weighted by Gasteiger charge is 2.15. The minimum Gasteiger partial charge on any atom is -0.483 e. The molecule has 0 unspecified atom stereocenters. The van der Waals surface area contributed by atoms with Crippen molar-refractivity contribution in [2.24, 2.45) is 13.0 Å². The monoisotopic (exact) mass is 382 g/mol. The second-order valence-corrected chi connectivity index (χ2v) is 7.70. The van der Waals surface area contributed by atoms with Gasteiger partial charge in [-0.2, -0.15) is 0 Å². The number of carbonyl (C=O) groups is 1. The number of ether oxygens (including phenoxy) is 1. The molecule has 28 heavy (non-hydrogen) atoms. The zero-order chi connectivity index (χ0) is 19.8. The van der Waals surface area contributed by atoms with Gasteiger partial charge in [0.1, 0.15) is 6.61 Å². The summed E-state index contributed by atoms with van der Waals surface area (Å²) < 4.78 is 7.51. The number of rotatable bonds is 8. The first-order valence-electron chi connectivity index (χ1n) is 10.2. The number of nitrogens with one attached hydrogen (secondary N) is 1. The van der Waals surface area contributed by atoms with E-state index in [9.17, 15) is 9.59 Å². The third kappa shape index (κ3) is 5.98. The van der Waals surface area contributed by atoms with Crippen LogP contribution in [0.3, 0.4) is 0 Å². The van der Waals surface area contributed by atoms with Crippen molar-refractivity contribution in [1.82, 2.24) is 9.88 Å². The molecule has 1 aromatic carbocycles. The molecule has 1 aliphatic rings. The van der Waals surface area contributed by atoms with E-state index in [1.54, 1.807) is 12.3 Å². The molecule has 5 nitrogen and oxygen atoms in total.